The summed E-state index contributed by atoms with van der Waals surface area (Å²) in [7, 11) is 1.68. The van der Waals surface area contributed by atoms with E-state index in [-0.39, 0.29) is 5.84 Å². The van der Waals surface area contributed by atoms with Crippen molar-refractivity contribution in [1.29, 1.82) is 5.41 Å². The van der Waals surface area contributed by atoms with Crippen LogP contribution in [0.15, 0.2) is 66.7 Å². The standard InChI is InChI=1S/C25H28N2O3/c1-3-5-22-23(28-2)6-4-7-24(22)30-17-16-29-21-14-12-19(13-15-21)18-8-10-20(11-9-18)25(26)27/h4,6-15H,3,5,16-17H2,1-2H3,(H3,26,27). The summed E-state index contributed by atoms with van der Waals surface area (Å²) in [4.78, 5) is 0. The van der Waals surface area contributed by atoms with Crippen LogP contribution in [0.2, 0.25) is 0 Å². The highest BCUT2D eigenvalue weighted by molar-refractivity contribution is 5.95. The molecule has 3 aromatic carbocycles. The lowest BCUT2D eigenvalue weighted by Crippen LogP contribution is -2.10. The molecule has 0 radical (unpaired) electrons. The lowest BCUT2D eigenvalue weighted by molar-refractivity contribution is 0.215. The van der Waals surface area contributed by atoms with Crippen molar-refractivity contribution in [2.75, 3.05) is 20.3 Å². The molecule has 0 unspecified atom stereocenters. The van der Waals surface area contributed by atoms with Gasteiger partial charge >= 0.3 is 0 Å². The van der Waals surface area contributed by atoms with Crippen LogP contribution >= 0.6 is 0 Å². The molecule has 0 bridgehead atoms. The third-order valence-electron chi connectivity index (χ3n) is 4.80. The molecule has 3 aromatic rings. The number of rotatable bonds is 10. The Morgan fingerprint density at radius 1 is 0.833 bits per heavy atom. The molecule has 5 heteroatoms. The highest BCUT2D eigenvalue weighted by Crippen LogP contribution is 2.29. The summed E-state index contributed by atoms with van der Waals surface area (Å²) in [6.45, 7) is 3.05. The maximum Gasteiger partial charge on any atom is 0.126 e. The van der Waals surface area contributed by atoms with Crippen LogP contribution in [0.4, 0.5) is 0 Å². The second kappa shape index (κ2) is 10.3. The van der Waals surface area contributed by atoms with Crippen molar-refractivity contribution in [2.24, 2.45) is 5.73 Å². The minimum Gasteiger partial charge on any atom is -0.496 e. The molecule has 0 saturated carbocycles. The minimum absolute atomic E-state index is 0.0725. The molecule has 3 rings (SSSR count). The van der Waals surface area contributed by atoms with E-state index in [2.05, 4.69) is 6.92 Å². The van der Waals surface area contributed by atoms with Gasteiger partial charge in [-0.25, -0.2) is 0 Å². The molecule has 0 aromatic heterocycles. The van der Waals surface area contributed by atoms with Crippen LogP contribution in [0.25, 0.3) is 11.1 Å². The fraction of sp³-hybridized carbons (Fsp3) is 0.240. The van der Waals surface area contributed by atoms with Gasteiger partial charge in [0.2, 0.25) is 0 Å². The topological polar surface area (TPSA) is 77.6 Å². The van der Waals surface area contributed by atoms with Crippen molar-refractivity contribution in [2.45, 2.75) is 19.8 Å². The van der Waals surface area contributed by atoms with Crippen molar-refractivity contribution in [3.8, 4) is 28.4 Å². The summed E-state index contributed by atoms with van der Waals surface area (Å²) in [5, 5.41) is 7.47. The summed E-state index contributed by atoms with van der Waals surface area (Å²) in [5.74, 6) is 2.58. The van der Waals surface area contributed by atoms with Crippen LogP contribution in [0.1, 0.15) is 24.5 Å². The Labute approximate surface area is 177 Å². The maximum absolute atomic E-state index is 7.47. The van der Waals surface area contributed by atoms with Gasteiger partial charge in [0.1, 0.15) is 36.3 Å². The van der Waals surface area contributed by atoms with E-state index < -0.39 is 0 Å². The number of benzene rings is 3. The Hall–Kier alpha value is -3.47. The number of ether oxygens (including phenoxy) is 3. The molecule has 156 valence electrons. The van der Waals surface area contributed by atoms with Gasteiger partial charge in [-0.2, -0.15) is 0 Å². The van der Waals surface area contributed by atoms with Gasteiger partial charge in [-0.05, 0) is 41.8 Å². The minimum atomic E-state index is 0.0725. The van der Waals surface area contributed by atoms with Gasteiger partial charge in [-0.15, -0.1) is 0 Å². The highest BCUT2D eigenvalue weighted by Gasteiger charge is 2.09. The highest BCUT2D eigenvalue weighted by atomic mass is 16.5. The van der Waals surface area contributed by atoms with E-state index in [1.807, 2.05) is 66.7 Å². The van der Waals surface area contributed by atoms with Gasteiger partial charge in [0, 0.05) is 11.1 Å². The van der Waals surface area contributed by atoms with Crippen LogP contribution < -0.4 is 19.9 Å². The molecule has 3 N–H and O–H groups in total. The van der Waals surface area contributed by atoms with Gasteiger partial charge in [-0.1, -0.05) is 55.8 Å². The molecule has 0 fully saturated rings. The summed E-state index contributed by atoms with van der Waals surface area (Å²) in [6, 6.07) is 21.4. The number of methoxy groups -OCH3 is 1. The van der Waals surface area contributed by atoms with Crippen molar-refractivity contribution < 1.29 is 14.2 Å². The molecule has 0 spiro atoms. The van der Waals surface area contributed by atoms with Gasteiger partial charge in [0.05, 0.1) is 7.11 Å². The Morgan fingerprint density at radius 2 is 1.43 bits per heavy atom. The average Bonchev–Trinajstić information content (AvgIpc) is 2.78. The molecule has 0 heterocycles. The summed E-state index contributed by atoms with van der Waals surface area (Å²) >= 11 is 0. The van der Waals surface area contributed by atoms with Crippen molar-refractivity contribution in [1.82, 2.24) is 0 Å². The first-order chi connectivity index (χ1) is 14.6. The molecule has 0 aliphatic rings. The predicted octanol–water partition coefficient (Wildman–Crippen LogP) is 5.06. The van der Waals surface area contributed by atoms with E-state index in [0.29, 0.717) is 13.2 Å². The SMILES string of the molecule is CCCc1c(OC)cccc1OCCOc1ccc(-c2ccc(C(=N)N)cc2)cc1. The third kappa shape index (κ3) is 5.32. The Morgan fingerprint density at radius 3 is 2.03 bits per heavy atom. The first-order valence-electron chi connectivity index (χ1n) is 10.1. The molecule has 5 nitrogen and oxygen atoms in total. The van der Waals surface area contributed by atoms with Gasteiger partial charge in [0.15, 0.2) is 0 Å². The number of nitrogens with two attached hydrogens (primary N) is 1. The Balaban J connectivity index is 1.54. The molecule has 0 saturated heterocycles. The molecular formula is C25H28N2O3. The van der Waals surface area contributed by atoms with Crippen LogP contribution in [-0.2, 0) is 6.42 Å². The lowest BCUT2D eigenvalue weighted by atomic mass is 10.0. The molecule has 0 amide bonds. The first-order valence-corrected chi connectivity index (χ1v) is 10.1. The smallest absolute Gasteiger partial charge is 0.126 e. The van der Waals surface area contributed by atoms with Crippen LogP contribution in [-0.4, -0.2) is 26.2 Å². The van der Waals surface area contributed by atoms with Crippen molar-refractivity contribution >= 4 is 5.84 Å². The molecule has 0 aliphatic carbocycles. The second-order valence-corrected chi connectivity index (χ2v) is 6.90. The maximum atomic E-state index is 7.47. The lowest BCUT2D eigenvalue weighted by Gasteiger charge is -2.15. The normalized spacial score (nSPS) is 10.5. The third-order valence-corrected chi connectivity index (χ3v) is 4.80. The number of amidine groups is 1. The monoisotopic (exact) mass is 404 g/mol. The number of nitrogen functional groups attached to an aromatic ring is 1. The molecular weight excluding hydrogens is 376 g/mol. The Bertz CT molecular complexity index is 967. The number of nitrogens with one attached hydrogen (secondary N) is 1. The fourth-order valence-electron chi connectivity index (χ4n) is 3.27. The summed E-state index contributed by atoms with van der Waals surface area (Å²) in [5.41, 5.74) is 9.47. The fourth-order valence-corrected chi connectivity index (χ4v) is 3.27. The molecule has 0 aliphatic heterocycles. The van der Waals surface area contributed by atoms with E-state index in [4.69, 9.17) is 25.4 Å². The predicted molar refractivity (Wildman–Crippen MR) is 121 cm³/mol. The van der Waals surface area contributed by atoms with Gasteiger partial charge < -0.3 is 19.9 Å². The summed E-state index contributed by atoms with van der Waals surface area (Å²) < 4.78 is 17.2. The number of hydrogen-bond acceptors (Lipinski definition) is 4. The van der Waals surface area contributed by atoms with Crippen LogP contribution in [0.5, 0.6) is 17.2 Å². The largest absolute Gasteiger partial charge is 0.496 e. The molecule has 0 atom stereocenters. The zero-order valence-corrected chi connectivity index (χ0v) is 17.5. The van der Waals surface area contributed by atoms with Crippen LogP contribution in [0.3, 0.4) is 0 Å². The molecule has 30 heavy (non-hydrogen) atoms. The zero-order valence-electron chi connectivity index (χ0n) is 17.5. The zero-order chi connectivity index (χ0) is 21.3. The quantitative estimate of drug-likeness (QED) is 0.281. The summed E-state index contributed by atoms with van der Waals surface area (Å²) in [6.07, 6.45) is 1.94. The second-order valence-electron chi connectivity index (χ2n) is 6.90. The van der Waals surface area contributed by atoms with Crippen molar-refractivity contribution in [3.63, 3.8) is 0 Å². The number of hydrogen-bond donors (Lipinski definition) is 2. The van der Waals surface area contributed by atoms with Crippen LogP contribution in [0, 0.1) is 5.41 Å². The van der Waals surface area contributed by atoms with Gasteiger partial charge in [0.25, 0.3) is 0 Å². The van der Waals surface area contributed by atoms with E-state index in [0.717, 1.165) is 52.3 Å². The van der Waals surface area contributed by atoms with Crippen molar-refractivity contribution in [3.05, 3.63) is 77.9 Å². The van der Waals surface area contributed by atoms with E-state index in [1.165, 1.54) is 0 Å². The average molecular weight is 405 g/mol. The van der Waals surface area contributed by atoms with E-state index in [1.54, 1.807) is 7.11 Å². The van der Waals surface area contributed by atoms with Gasteiger partial charge in [-0.3, -0.25) is 5.41 Å². The van der Waals surface area contributed by atoms with E-state index >= 15 is 0 Å². The Kier molecular flexibility index (Phi) is 7.33. The first kappa shape index (κ1) is 21.2. The van der Waals surface area contributed by atoms with E-state index in [9.17, 15) is 0 Å².